The van der Waals surface area contributed by atoms with Gasteiger partial charge in [-0.25, -0.2) is 4.98 Å². The summed E-state index contributed by atoms with van der Waals surface area (Å²) in [6, 6.07) is 5.39. The van der Waals surface area contributed by atoms with E-state index in [9.17, 15) is 4.79 Å². The zero-order chi connectivity index (χ0) is 13.2. The van der Waals surface area contributed by atoms with E-state index in [2.05, 4.69) is 15.6 Å². The van der Waals surface area contributed by atoms with E-state index in [0.29, 0.717) is 10.2 Å². The van der Waals surface area contributed by atoms with E-state index >= 15 is 0 Å². The van der Waals surface area contributed by atoms with Gasteiger partial charge in [0.25, 0.3) is 0 Å². The summed E-state index contributed by atoms with van der Waals surface area (Å²) >= 11 is 9.17. The lowest BCUT2D eigenvalue weighted by molar-refractivity contribution is -0.117. The van der Waals surface area contributed by atoms with Crippen LogP contribution in [0.5, 0.6) is 0 Å². The van der Waals surface area contributed by atoms with Crippen molar-refractivity contribution in [2.45, 2.75) is 6.04 Å². The number of hydrogen-bond acceptors (Lipinski definition) is 5. The fourth-order valence-corrected chi connectivity index (χ4v) is 3.96. The molecule has 1 saturated heterocycles. The molecule has 3 rings (SSSR count). The van der Waals surface area contributed by atoms with Crippen LogP contribution < -0.4 is 10.6 Å². The average Bonchev–Trinajstić information content (AvgIpc) is 2.81. The molecule has 4 nitrogen and oxygen atoms in total. The van der Waals surface area contributed by atoms with Gasteiger partial charge in [0.05, 0.1) is 16.3 Å². The van der Waals surface area contributed by atoms with Crippen LogP contribution in [0.3, 0.4) is 0 Å². The minimum atomic E-state index is -0.130. The molecule has 1 unspecified atom stereocenters. The van der Waals surface area contributed by atoms with Crippen LogP contribution in [-0.4, -0.2) is 35.0 Å². The normalized spacial score (nSPS) is 19.5. The molecular formula is C12H12ClN3OS2. The van der Waals surface area contributed by atoms with Gasteiger partial charge in [-0.1, -0.05) is 22.9 Å². The summed E-state index contributed by atoms with van der Waals surface area (Å²) in [5.41, 5.74) is 0.857. The Labute approximate surface area is 123 Å². The summed E-state index contributed by atoms with van der Waals surface area (Å²) in [7, 11) is 0. The van der Waals surface area contributed by atoms with Crippen LogP contribution in [0, 0.1) is 0 Å². The molecule has 1 fully saturated rings. The number of thiazole rings is 1. The van der Waals surface area contributed by atoms with Crippen molar-refractivity contribution in [3.05, 3.63) is 23.2 Å². The van der Waals surface area contributed by atoms with Gasteiger partial charge in [-0.15, -0.1) is 0 Å². The van der Waals surface area contributed by atoms with E-state index in [1.807, 2.05) is 12.1 Å². The van der Waals surface area contributed by atoms with Crippen LogP contribution in [0.4, 0.5) is 5.13 Å². The number of benzene rings is 1. The number of carbonyl (C=O) groups excluding carboxylic acids is 1. The lowest BCUT2D eigenvalue weighted by Crippen LogP contribution is -2.46. The van der Waals surface area contributed by atoms with E-state index in [-0.39, 0.29) is 11.9 Å². The molecule has 0 saturated carbocycles. The van der Waals surface area contributed by atoms with Crippen molar-refractivity contribution in [3.8, 4) is 0 Å². The number of halogens is 1. The molecule has 1 aliphatic rings. The maximum Gasteiger partial charge on any atom is 0.244 e. The predicted octanol–water partition coefficient (Wildman–Crippen LogP) is 2.59. The molecule has 1 amide bonds. The maximum absolute atomic E-state index is 12.1. The summed E-state index contributed by atoms with van der Waals surface area (Å²) in [5, 5.41) is 7.38. The van der Waals surface area contributed by atoms with Crippen molar-refractivity contribution in [1.29, 1.82) is 0 Å². The zero-order valence-corrected chi connectivity index (χ0v) is 12.4. The molecule has 7 heteroatoms. The molecule has 2 N–H and O–H groups in total. The second-order valence-electron chi connectivity index (χ2n) is 4.20. The van der Waals surface area contributed by atoms with Crippen molar-refractivity contribution in [2.75, 3.05) is 23.4 Å². The number of aromatic nitrogens is 1. The summed E-state index contributed by atoms with van der Waals surface area (Å²) < 4.78 is 0.980. The third kappa shape index (κ3) is 3.02. The number of nitrogens with one attached hydrogen (secondary N) is 2. The lowest BCUT2D eigenvalue weighted by atomic mass is 10.3. The Kier molecular flexibility index (Phi) is 3.93. The second-order valence-corrected chi connectivity index (χ2v) is 6.82. The molecule has 1 atom stereocenters. The van der Waals surface area contributed by atoms with E-state index in [1.54, 1.807) is 17.8 Å². The Bertz CT molecular complexity index is 610. The van der Waals surface area contributed by atoms with Gasteiger partial charge in [0.2, 0.25) is 5.91 Å². The predicted molar refractivity (Wildman–Crippen MR) is 82.4 cm³/mol. The minimum Gasteiger partial charge on any atom is -0.304 e. The SMILES string of the molecule is O=C(Nc1nc2ccc(Cl)cc2s1)C1CSCCN1. The summed E-state index contributed by atoms with van der Waals surface area (Å²) in [4.78, 5) is 16.4. The first-order chi connectivity index (χ1) is 9.22. The van der Waals surface area contributed by atoms with E-state index in [1.165, 1.54) is 11.3 Å². The molecule has 19 heavy (non-hydrogen) atoms. The average molecular weight is 314 g/mol. The van der Waals surface area contributed by atoms with Gasteiger partial charge in [-0.2, -0.15) is 11.8 Å². The molecule has 1 aromatic heterocycles. The summed E-state index contributed by atoms with van der Waals surface area (Å²) in [6.07, 6.45) is 0. The number of fused-ring (bicyclic) bond motifs is 1. The first-order valence-corrected chi connectivity index (χ1v) is 8.25. The number of hydrogen-bond donors (Lipinski definition) is 2. The van der Waals surface area contributed by atoms with Crippen LogP contribution in [-0.2, 0) is 4.79 Å². The molecule has 0 aliphatic carbocycles. The summed E-state index contributed by atoms with van der Waals surface area (Å²) in [6.45, 7) is 0.873. The van der Waals surface area contributed by atoms with Crippen LogP contribution in [0.15, 0.2) is 18.2 Å². The number of anilines is 1. The Balaban J connectivity index is 1.75. The fraction of sp³-hybridized carbons (Fsp3) is 0.333. The van der Waals surface area contributed by atoms with Crippen LogP contribution in [0.2, 0.25) is 5.02 Å². The number of amides is 1. The highest BCUT2D eigenvalue weighted by Gasteiger charge is 2.21. The Morgan fingerprint density at radius 1 is 1.53 bits per heavy atom. The molecule has 2 aromatic rings. The van der Waals surface area contributed by atoms with E-state index < -0.39 is 0 Å². The third-order valence-electron chi connectivity index (χ3n) is 2.82. The van der Waals surface area contributed by atoms with Gasteiger partial charge in [-0.05, 0) is 18.2 Å². The van der Waals surface area contributed by atoms with Gasteiger partial charge in [0.1, 0.15) is 0 Å². The first-order valence-electron chi connectivity index (χ1n) is 5.90. The number of rotatable bonds is 2. The summed E-state index contributed by atoms with van der Waals surface area (Å²) in [5.74, 6) is 1.85. The highest BCUT2D eigenvalue weighted by atomic mass is 35.5. The van der Waals surface area contributed by atoms with Gasteiger partial charge < -0.3 is 10.6 Å². The van der Waals surface area contributed by atoms with E-state index in [4.69, 9.17) is 11.6 Å². The van der Waals surface area contributed by atoms with Crippen LogP contribution in [0.25, 0.3) is 10.2 Å². The van der Waals surface area contributed by atoms with E-state index in [0.717, 1.165) is 28.3 Å². The molecule has 0 bridgehead atoms. The largest absolute Gasteiger partial charge is 0.304 e. The smallest absolute Gasteiger partial charge is 0.244 e. The molecule has 0 radical (unpaired) electrons. The quantitative estimate of drug-likeness (QED) is 0.895. The molecule has 100 valence electrons. The number of thioether (sulfide) groups is 1. The van der Waals surface area contributed by atoms with Gasteiger partial charge in [0, 0.05) is 23.1 Å². The first kappa shape index (κ1) is 13.2. The highest BCUT2D eigenvalue weighted by molar-refractivity contribution is 7.99. The zero-order valence-electron chi connectivity index (χ0n) is 9.98. The molecular weight excluding hydrogens is 302 g/mol. The van der Waals surface area contributed by atoms with Crippen molar-refractivity contribution < 1.29 is 4.79 Å². The van der Waals surface area contributed by atoms with Gasteiger partial charge in [-0.3, -0.25) is 4.79 Å². The second kappa shape index (κ2) is 5.66. The topological polar surface area (TPSA) is 54.0 Å². The monoisotopic (exact) mass is 313 g/mol. The standard InChI is InChI=1S/C12H12ClN3OS2/c13-7-1-2-8-10(5-7)19-12(15-8)16-11(17)9-6-18-4-3-14-9/h1-2,5,9,14H,3-4,6H2,(H,15,16,17). The van der Waals surface area contributed by atoms with Crippen LogP contribution >= 0.6 is 34.7 Å². The Morgan fingerprint density at radius 3 is 3.21 bits per heavy atom. The Hall–Kier alpha value is -0.820. The van der Waals surface area contributed by atoms with Crippen LogP contribution in [0.1, 0.15) is 0 Å². The molecule has 1 aromatic carbocycles. The molecule has 1 aliphatic heterocycles. The fourth-order valence-electron chi connectivity index (χ4n) is 1.88. The molecule has 0 spiro atoms. The van der Waals surface area contributed by atoms with Gasteiger partial charge in [0.15, 0.2) is 5.13 Å². The minimum absolute atomic E-state index is 0.0163. The van der Waals surface area contributed by atoms with Crippen molar-refractivity contribution >= 4 is 56.0 Å². The van der Waals surface area contributed by atoms with Crippen molar-refractivity contribution in [3.63, 3.8) is 0 Å². The van der Waals surface area contributed by atoms with Crippen molar-refractivity contribution in [2.24, 2.45) is 0 Å². The lowest BCUT2D eigenvalue weighted by Gasteiger charge is -2.21. The highest BCUT2D eigenvalue weighted by Crippen LogP contribution is 2.28. The van der Waals surface area contributed by atoms with Gasteiger partial charge >= 0.3 is 0 Å². The number of carbonyl (C=O) groups is 1. The maximum atomic E-state index is 12.1. The Morgan fingerprint density at radius 2 is 2.42 bits per heavy atom. The molecule has 2 heterocycles. The third-order valence-corrected chi connectivity index (χ3v) is 5.05. The van der Waals surface area contributed by atoms with Crippen molar-refractivity contribution in [1.82, 2.24) is 10.3 Å². The number of nitrogens with zero attached hydrogens (tertiary/aromatic N) is 1.